The van der Waals surface area contributed by atoms with Crippen LogP contribution >= 0.6 is 11.3 Å². The van der Waals surface area contributed by atoms with Crippen molar-refractivity contribution in [2.24, 2.45) is 0 Å². The molecule has 0 radical (unpaired) electrons. The predicted molar refractivity (Wildman–Crippen MR) is 80.6 cm³/mol. The molecule has 3 rings (SSSR count). The summed E-state index contributed by atoms with van der Waals surface area (Å²) < 4.78 is 0. The maximum Gasteiger partial charge on any atom is 0.356 e. The van der Waals surface area contributed by atoms with Gasteiger partial charge in [-0.2, -0.15) is 0 Å². The maximum absolute atomic E-state index is 11.4. The largest absolute Gasteiger partial charge is 0.476 e. The third kappa shape index (κ3) is 2.54. The summed E-state index contributed by atoms with van der Waals surface area (Å²) in [4.78, 5) is 18.7. The second kappa shape index (κ2) is 5.63. The first kappa shape index (κ1) is 13.1. The molecule has 1 aromatic heterocycles. The molecular weight excluding hydrogens is 272 g/mol. The third-order valence-corrected chi connectivity index (χ3v) is 4.65. The number of aromatic nitrogens is 1. The molecular formula is C15H16N2O2S. The third-order valence-electron chi connectivity index (χ3n) is 3.48. The number of hydrogen-bond donors (Lipinski definition) is 1. The molecule has 0 atom stereocenters. The van der Waals surface area contributed by atoms with Crippen LogP contribution < -0.4 is 4.90 Å². The summed E-state index contributed by atoms with van der Waals surface area (Å²) in [7, 11) is 0. The highest BCUT2D eigenvalue weighted by atomic mass is 32.1. The van der Waals surface area contributed by atoms with E-state index < -0.39 is 5.97 Å². The second-order valence-electron chi connectivity index (χ2n) is 4.89. The zero-order valence-electron chi connectivity index (χ0n) is 11.1. The van der Waals surface area contributed by atoms with Crippen molar-refractivity contribution in [3.05, 3.63) is 36.0 Å². The van der Waals surface area contributed by atoms with Gasteiger partial charge in [-0.05, 0) is 24.8 Å². The minimum Gasteiger partial charge on any atom is -0.476 e. The zero-order chi connectivity index (χ0) is 13.9. The maximum atomic E-state index is 11.4. The molecule has 0 spiro atoms. The van der Waals surface area contributed by atoms with Gasteiger partial charge < -0.3 is 10.0 Å². The highest BCUT2D eigenvalue weighted by Crippen LogP contribution is 2.35. The molecule has 1 aliphatic heterocycles. The van der Waals surface area contributed by atoms with Crippen LogP contribution in [0, 0.1) is 0 Å². The molecule has 20 heavy (non-hydrogen) atoms. The van der Waals surface area contributed by atoms with E-state index in [0.29, 0.717) is 0 Å². The number of rotatable bonds is 3. The average Bonchev–Trinajstić information content (AvgIpc) is 2.94. The summed E-state index contributed by atoms with van der Waals surface area (Å²) in [6.45, 7) is 1.95. The van der Waals surface area contributed by atoms with Gasteiger partial charge in [0, 0.05) is 13.1 Å². The molecule has 5 heteroatoms. The van der Waals surface area contributed by atoms with Crippen LogP contribution in [-0.2, 0) is 0 Å². The molecule has 0 unspecified atom stereocenters. The van der Waals surface area contributed by atoms with E-state index in [4.69, 9.17) is 0 Å². The number of benzene rings is 1. The molecule has 0 bridgehead atoms. The van der Waals surface area contributed by atoms with Crippen LogP contribution in [0.25, 0.3) is 10.4 Å². The van der Waals surface area contributed by atoms with Gasteiger partial charge in [0.1, 0.15) is 0 Å². The lowest BCUT2D eigenvalue weighted by atomic mass is 10.1. The molecule has 0 amide bonds. The number of nitrogens with zero attached hydrogens (tertiary/aromatic N) is 2. The Hall–Kier alpha value is -1.88. The van der Waals surface area contributed by atoms with Gasteiger partial charge in [-0.3, -0.25) is 0 Å². The van der Waals surface area contributed by atoms with Crippen LogP contribution in [-0.4, -0.2) is 29.1 Å². The van der Waals surface area contributed by atoms with E-state index in [-0.39, 0.29) is 5.69 Å². The lowest BCUT2D eigenvalue weighted by molar-refractivity contribution is 0.0692. The first-order valence-electron chi connectivity index (χ1n) is 6.80. The number of carbonyl (C=O) groups is 1. The fourth-order valence-electron chi connectivity index (χ4n) is 2.46. The minimum absolute atomic E-state index is 0.168. The fourth-order valence-corrected chi connectivity index (χ4v) is 3.57. The molecule has 1 saturated heterocycles. The fraction of sp³-hybridized carbons (Fsp3) is 0.333. The molecule has 2 heterocycles. The van der Waals surface area contributed by atoms with Crippen LogP contribution in [0.2, 0.25) is 0 Å². The van der Waals surface area contributed by atoms with Crippen LogP contribution in [0.4, 0.5) is 5.13 Å². The number of thiazole rings is 1. The molecule has 1 N–H and O–H groups in total. The molecule has 0 aliphatic carbocycles. The molecule has 1 aromatic carbocycles. The normalized spacial score (nSPS) is 15.3. The van der Waals surface area contributed by atoms with Crippen molar-refractivity contribution in [3.63, 3.8) is 0 Å². The molecule has 1 fully saturated rings. The van der Waals surface area contributed by atoms with Gasteiger partial charge in [-0.1, -0.05) is 41.7 Å². The van der Waals surface area contributed by atoms with E-state index >= 15 is 0 Å². The van der Waals surface area contributed by atoms with Crippen molar-refractivity contribution < 1.29 is 9.90 Å². The Kier molecular flexibility index (Phi) is 3.69. The van der Waals surface area contributed by atoms with Gasteiger partial charge >= 0.3 is 5.97 Å². The highest BCUT2D eigenvalue weighted by molar-refractivity contribution is 7.19. The number of carboxylic acids is 1. The van der Waals surface area contributed by atoms with E-state index in [1.165, 1.54) is 17.8 Å². The Morgan fingerprint density at radius 1 is 1.15 bits per heavy atom. The number of aromatic carboxylic acids is 1. The van der Waals surface area contributed by atoms with Crippen molar-refractivity contribution in [1.29, 1.82) is 0 Å². The summed E-state index contributed by atoms with van der Waals surface area (Å²) in [6.07, 6.45) is 3.56. The monoisotopic (exact) mass is 288 g/mol. The van der Waals surface area contributed by atoms with E-state index in [2.05, 4.69) is 9.88 Å². The predicted octanol–water partition coefficient (Wildman–Crippen LogP) is 3.50. The van der Waals surface area contributed by atoms with Crippen molar-refractivity contribution in [3.8, 4) is 10.4 Å². The molecule has 0 saturated carbocycles. The van der Waals surface area contributed by atoms with Gasteiger partial charge in [0.2, 0.25) is 0 Å². The smallest absolute Gasteiger partial charge is 0.356 e. The van der Waals surface area contributed by atoms with Gasteiger partial charge in [0.25, 0.3) is 0 Å². The van der Waals surface area contributed by atoms with E-state index in [1.54, 1.807) is 0 Å². The number of hydrogen-bond acceptors (Lipinski definition) is 4. The lowest BCUT2D eigenvalue weighted by Gasteiger charge is -2.25. The number of carboxylic acid groups (broad SMARTS) is 1. The first-order chi connectivity index (χ1) is 9.75. The molecule has 4 nitrogen and oxygen atoms in total. The van der Waals surface area contributed by atoms with Crippen molar-refractivity contribution in [2.45, 2.75) is 19.3 Å². The van der Waals surface area contributed by atoms with Gasteiger partial charge in [0.15, 0.2) is 10.8 Å². The van der Waals surface area contributed by atoms with E-state index in [0.717, 1.165) is 41.5 Å². The quantitative estimate of drug-likeness (QED) is 0.939. The zero-order valence-corrected chi connectivity index (χ0v) is 11.9. The summed E-state index contributed by atoms with van der Waals surface area (Å²) in [5, 5.41) is 10.2. The van der Waals surface area contributed by atoms with E-state index in [9.17, 15) is 9.90 Å². The summed E-state index contributed by atoms with van der Waals surface area (Å²) >= 11 is 1.48. The van der Waals surface area contributed by atoms with Crippen molar-refractivity contribution in [1.82, 2.24) is 4.98 Å². The Balaban J connectivity index is 2.00. The van der Waals surface area contributed by atoms with Gasteiger partial charge in [-0.25, -0.2) is 9.78 Å². The Morgan fingerprint density at radius 2 is 1.85 bits per heavy atom. The summed E-state index contributed by atoms with van der Waals surface area (Å²) in [5.74, 6) is -0.955. The lowest BCUT2D eigenvalue weighted by Crippen LogP contribution is -2.29. The van der Waals surface area contributed by atoms with Crippen LogP contribution in [0.3, 0.4) is 0 Å². The van der Waals surface area contributed by atoms with Gasteiger partial charge in [-0.15, -0.1) is 0 Å². The number of anilines is 1. The van der Waals surface area contributed by atoms with Crippen LogP contribution in [0.15, 0.2) is 30.3 Å². The van der Waals surface area contributed by atoms with Crippen molar-refractivity contribution in [2.75, 3.05) is 18.0 Å². The topological polar surface area (TPSA) is 53.4 Å². The highest BCUT2D eigenvalue weighted by Gasteiger charge is 2.22. The Morgan fingerprint density at radius 3 is 2.50 bits per heavy atom. The van der Waals surface area contributed by atoms with Crippen LogP contribution in [0.1, 0.15) is 29.8 Å². The van der Waals surface area contributed by atoms with Crippen LogP contribution in [0.5, 0.6) is 0 Å². The second-order valence-corrected chi connectivity index (χ2v) is 5.87. The summed E-state index contributed by atoms with van der Waals surface area (Å²) in [5.41, 5.74) is 1.09. The molecule has 104 valence electrons. The average molecular weight is 288 g/mol. The molecule has 1 aliphatic rings. The molecule has 2 aromatic rings. The minimum atomic E-state index is -0.955. The SMILES string of the molecule is O=C(O)c1nc(N2CCCCC2)sc1-c1ccccc1. The number of piperidine rings is 1. The standard InChI is InChI=1S/C15H16N2O2S/c18-14(19)12-13(11-7-3-1-4-8-11)20-15(16-12)17-9-5-2-6-10-17/h1,3-4,7-8H,2,5-6,9-10H2,(H,18,19). The first-order valence-corrected chi connectivity index (χ1v) is 7.62. The van der Waals surface area contributed by atoms with E-state index in [1.807, 2.05) is 30.3 Å². The van der Waals surface area contributed by atoms with Crippen molar-refractivity contribution >= 4 is 22.4 Å². The van der Waals surface area contributed by atoms with Gasteiger partial charge in [0.05, 0.1) is 4.88 Å². The Bertz CT molecular complexity index is 604. The summed E-state index contributed by atoms with van der Waals surface area (Å²) in [6, 6.07) is 9.62. The Labute approximate surface area is 121 Å².